The SMILES string of the molecule is CCNC(=NCC1(C(=O)N(C)C)CCCC1)NCCc1ccc(F)cc1.I. The quantitative estimate of drug-likeness (QED) is 0.351. The lowest BCUT2D eigenvalue weighted by Gasteiger charge is -2.29. The molecule has 0 heterocycles. The van der Waals surface area contributed by atoms with Crippen molar-refractivity contribution < 1.29 is 9.18 Å². The Balaban J connectivity index is 0.00000364. The van der Waals surface area contributed by atoms with E-state index in [0.29, 0.717) is 13.1 Å². The zero-order chi connectivity index (χ0) is 19.0. The number of aliphatic imine (C=N–C) groups is 1. The van der Waals surface area contributed by atoms with E-state index < -0.39 is 0 Å². The van der Waals surface area contributed by atoms with Gasteiger partial charge in [0.1, 0.15) is 5.82 Å². The van der Waals surface area contributed by atoms with Crippen LogP contribution in [-0.4, -0.2) is 50.5 Å². The highest BCUT2D eigenvalue weighted by atomic mass is 127. The molecule has 27 heavy (non-hydrogen) atoms. The Hall–Kier alpha value is -1.38. The number of nitrogens with one attached hydrogen (secondary N) is 2. The van der Waals surface area contributed by atoms with Crippen LogP contribution in [0.2, 0.25) is 0 Å². The maximum Gasteiger partial charge on any atom is 0.230 e. The van der Waals surface area contributed by atoms with E-state index in [0.717, 1.165) is 50.2 Å². The molecule has 1 amide bonds. The summed E-state index contributed by atoms with van der Waals surface area (Å²) in [6.07, 6.45) is 4.77. The third kappa shape index (κ3) is 6.93. The van der Waals surface area contributed by atoms with Crippen LogP contribution in [0.25, 0.3) is 0 Å². The van der Waals surface area contributed by atoms with Gasteiger partial charge < -0.3 is 15.5 Å². The molecule has 152 valence electrons. The molecule has 1 fully saturated rings. The fourth-order valence-electron chi connectivity index (χ4n) is 3.51. The van der Waals surface area contributed by atoms with E-state index in [1.807, 2.05) is 21.0 Å². The third-order valence-electron chi connectivity index (χ3n) is 4.92. The van der Waals surface area contributed by atoms with Gasteiger partial charge >= 0.3 is 0 Å². The zero-order valence-corrected chi connectivity index (χ0v) is 18.9. The van der Waals surface area contributed by atoms with E-state index in [9.17, 15) is 9.18 Å². The van der Waals surface area contributed by atoms with E-state index in [2.05, 4.69) is 10.6 Å². The van der Waals surface area contributed by atoms with Gasteiger partial charge in [0.05, 0.1) is 12.0 Å². The Morgan fingerprint density at radius 3 is 2.37 bits per heavy atom. The number of rotatable bonds is 7. The summed E-state index contributed by atoms with van der Waals surface area (Å²) in [5.74, 6) is 0.692. The molecule has 2 N–H and O–H groups in total. The van der Waals surface area contributed by atoms with Crippen molar-refractivity contribution in [3.63, 3.8) is 0 Å². The fraction of sp³-hybridized carbons (Fsp3) is 0.600. The summed E-state index contributed by atoms with van der Waals surface area (Å²) in [6.45, 7) is 3.99. The fourth-order valence-corrected chi connectivity index (χ4v) is 3.51. The summed E-state index contributed by atoms with van der Waals surface area (Å²) in [5, 5.41) is 6.55. The maximum atomic E-state index is 13.0. The summed E-state index contributed by atoms with van der Waals surface area (Å²) in [6, 6.07) is 6.55. The molecule has 0 aromatic heterocycles. The van der Waals surface area contributed by atoms with Crippen molar-refractivity contribution >= 4 is 35.8 Å². The first kappa shape index (κ1) is 23.7. The predicted molar refractivity (Wildman–Crippen MR) is 119 cm³/mol. The number of nitrogens with zero attached hydrogens (tertiary/aromatic N) is 2. The van der Waals surface area contributed by atoms with Crippen molar-refractivity contribution in [1.82, 2.24) is 15.5 Å². The summed E-state index contributed by atoms with van der Waals surface area (Å²) < 4.78 is 13.0. The minimum atomic E-state index is -0.358. The smallest absolute Gasteiger partial charge is 0.230 e. The Labute approximate surface area is 179 Å². The molecule has 0 atom stereocenters. The van der Waals surface area contributed by atoms with Gasteiger partial charge in [0.2, 0.25) is 5.91 Å². The monoisotopic (exact) mass is 490 g/mol. The number of halogens is 2. The lowest BCUT2D eigenvalue weighted by Crippen LogP contribution is -2.43. The van der Waals surface area contributed by atoms with Crippen LogP contribution >= 0.6 is 24.0 Å². The minimum absolute atomic E-state index is 0. The molecule has 0 saturated heterocycles. The van der Waals surface area contributed by atoms with E-state index in [4.69, 9.17) is 4.99 Å². The molecule has 0 spiro atoms. The number of hydrogen-bond acceptors (Lipinski definition) is 2. The van der Waals surface area contributed by atoms with Crippen LogP contribution in [0.3, 0.4) is 0 Å². The molecule has 1 saturated carbocycles. The minimum Gasteiger partial charge on any atom is -0.357 e. The lowest BCUT2D eigenvalue weighted by atomic mass is 9.85. The average molecular weight is 490 g/mol. The van der Waals surface area contributed by atoms with Gasteiger partial charge in [-0.1, -0.05) is 25.0 Å². The van der Waals surface area contributed by atoms with Crippen LogP contribution in [-0.2, 0) is 11.2 Å². The number of benzene rings is 1. The first-order valence-corrected chi connectivity index (χ1v) is 9.45. The molecule has 1 aromatic carbocycles. The standard InChI is InChI=1S/C20H31FN4O.HI/c1-4-22-19(23-14-11-16-7-9-17(21)10-8-16)24-15-20(12-5-6-13-20)18(26)25(2)3;/h7-10H,4-6,11-15H2,1-3H3,(H2,22,23,24);1H. The molecular formula is C20H32FIN4O. The van der Waals surface area contributed by atoms with Gasteiger partial charge in [-0.05, 0) is 43.9 Å². The average Bonchev–Trinajstić information content (AvgIpc) is 3.10. The van der Waals surface area contributed by atoms with Crippen molar-refractivity contribution in [2.45, 2.75) is 39.0 Å². The van der Waals surface area contributed by atoms with Crippen LogP contribution in [0, 0.1) is 11.2 Å². The number of carbonyl (C=O) groups is 1. The van der Waals surface area contributed by atoms with E-state index >= 15 is 0 Å². The molecule has 1 aliphatic carbocycles. The lowest BCUT2D eigenvalue weighted by molar-refractivity contribution is -0.138. The molecule has 2 rings (SSSR count). The van der Waals surface area contributed by atoms with Crippen LogP contribution in [0.1, 0.15) is 38.2 Å². The molecule has 0 aliphatic heterocycles. The van der Waals surface area contributed by atoms with Crippen molar-refractivity contribution in [2.24, 2.45) is 10.4 Å². The molecule has 7 heteroatoms. The van der Waals surface area contributed by atoms with Crippen molar-refractivity contribution in [1.29, 1.82) is 0 Å². The van der Waals surface area contributed by atoms with Crippen LogP contribution in [0.4, 0.5) is 4.39 Å². The summed E-state index contributed by atoms with van der Waals surface area (Å²) >= 11 is 0. The number of carbonyl (C=O) groups excluding carboxylic acids is 1. The molecule has 1 aromatic rings. The summed E-state index contributed by atoms with van der Waals surface area (Å²) in [7, 11) is 3.64. The predicted octanol–water partition coefficient (Wildman–Crippen LogP) is 3.19. The Morgan fingerprint density at radius 1 is 1.19 bits per heavy atom. The molecule has 5 nitrogen and oxygen atoms in total. The van der Waals surface area contributed by atoms with Gasteiger partial charge in [-0.3, -0.25) is 9.79 Å². The van der Waals surface area contributed by atoms with Gasteiger partial charge in [-0.15, -0.1) is 24.0 Å². The molecule has 0 unspecified atom stereocenters. The number of guanidine groups is 1. The highest BCUT2D eigenvalue weighted by Gasteiger charge is 2.41. The summed E-state index contributed by atoms with van der Waals surface area (Å²) in [4.78, 5) is 19.0. The first-order valence-electron chi connectivity index (χ1n) is 9.45. The first-order chi connectivity index (χ1) is 12.5. The largest absolute Gasteiger partial charge is 0.357 e. The molecule has 1 aliphatic rings. The second-order valence-corrected chi connectivity index (χ2v) is 7.19. The molecular weight excluding hydrogens is 458 g/mol. The van der Waals surface area contributed by atoms with Gasteiger partial charge in [0.25, 0.3) is 0 Å². The second kappa shape index (κ2) is 11.5. The van der Waals surface area contributed by atoms with E-state index in [-0.39, 0.29) is 41.1 Å². The van der Waals surface area contributed by atoms with Crippen LogP contribution < -0.4 is 10.6 Å². The van der Waals surface area contributed by atoms with Gasteiger partial charge in [-0.2, -0.15) is 0 Å². The molecule has 0 radical (unpaired) electrons. The second-order valence-electron chi connectivity index (χ2n) is 7.19. The number of hydrogen-bond donors (Lipinski definition) is 2. The maximum absolute atomic E-state index is 13.0. The molecule has 0 bridgehead atoms. The normalized spacial score (nSPS) is 15.8. The van der Waals surface area contributed by atoms with Crippen LogP contribution in [0.15, 0.2) is 29.3 Å². The Kier molecular flexibility index (Phi) is 10.0. The highest BCUT2D eigenvalue weighted by Crippen LogP contribution is 2.39. The van der Waals surface area contributed by atoms with Crippen molar-refractivity contribution in [3.8, 4) is 0 Å². The Bertz CT molecular complexity index is 613. The van der Waals surface area contributed by atoms with E-state index in [1.54, 1.807) is 17.0 Å². The highest BCUT2D eigenvalue weighted by molar-refractivity contribution is 14.0. The van der Waals surface area contributed by atoms with E-state index in [1.165, 1.54) is 12.1 Å². The number of amides is 1. The van der Waals surface area contributed by atoms with Crippen LogP contribution in [0.5, 0.6) is 0 Å². The van der Waals surface area contributed by atoms with Gasteiger partial charge in [0.15, 0.2) is 5.96 Å². The van der Waals surface area contributed by atoms with Gasteiger partial charge in [0, 0.05) is 27.2 Å². The van der Waals surface area contributed by atoms with Crippen molar-refractivity contribution in [3.05, 3.63) is 35.6 Å². The zero-order valence-electron chi connectivity index (χ0n) is 16.6. The van der Waals surface area contributed by atoms with Gasteiger partial charge in [-0.25, -0.2) is 4.39 Å². The Morgan fingerprint density at radius 2 is 1.81 bits per heavy atom. The third-order valence-corrected chi connectivity index (χ3v) is 4.92. The topological polar surface area (TPSA) is 56.7 Å². The van der Waals surface area contributed by atoms with Crippen molar-refractivity contribution in [2.75, 3.05) is 33.7 Å². The summed E-state index contributed by atoms with van der Waals surface area (Å²) in [5.41, 5.74) is 0.716.